The fourth-order valence-corrected chi connectivity index (χ4v) is 3.43. The van der Waals surface area contributed by atoms with Crippen LogP contribution in [0.15, 0.2) is 76.2 Å². The van der Waals surface area contributed by atoms with Gasteiger partial charge in [0, 0.05) is 18.9 Å². The van der Waals surface area contributed by atoms with Crippen LogP contribution in [-0.2, 0) is 28.7 Å². The van der Waals surface area contributed by atoms with E-state index in [0.717, 1.165) is 23.2 Å². The lowest BCUT2D eigenvalue weighted by Gasteiger charge is -2.14. The van der Waals surface area contributed by atoms with Crippen molar-refractivity contribution in [2.24, 2.45) is 0 Å². The molecule has 0 saturated carbocycles. The lowest BCUT2D eigenvalue weighted by atomic mass is 10.0. The van der Waals surface area contributed by atoms with Crippen molar-refractivity contribution in [3.05, 3.63) is 89.6 Å². The second kappa shape index (κ2) is 8.87. The van der Waals surface area contributed by atoms with Gasteiger partial charge in [0.15, 0.2) is 12.5 Å². The Hall–Kier alpha value is -3.23. The number of phosphoric acid groups is 1. The Morgan fingerprint density at radius 3 is 2.55 bits per heavy atom. The molecule has 31 heavy (non-hydrogen) atoms. The third-order valence-corrected chi connectivity index (χ3v) is 5.14. The zero-order valence-corrected chi connectivity index (χ0v) is 17.3. The molecule has 0 aliphatic rings. The molecule has 160 valence electrons. The van der Waals surface area contributed by atoms with Crippen molar-refractivity contribution in [3.8, 4) is 11.3 Å². The van der Waals surface area contributed by atoms with E-state index in [9.17, 15) is 9.46 Å². The topological polar surface area (TPSA) is 139 Å². The number of phosphoric ester groups is 1. The lowest BCUT2D eigenvalue weighted by Crippen LogP contribution is -2.38. The zero-order chi connectivity index (χ0) is 21.8. The van der Waals surface area contributed by atoms with E-state index >= 15 is 0 Å². The predicted octanol–water partition coefficient (Wildman–Crippen LogP) is 2.42. The molecule has 0 amide bonds. The van der Waals surface area contributed by atoms with Crippen molar-refractivity contribution in [3.63, 3.8) is 0 Å². The van der Waals surface area contributed by atoms with Crippen LogP contribution in [0.2, 0.25) is 0 Å². The molecular weight excluding hydrogens is 421 g/mol. The first-order chi connectivity index (χ1) is 14.9. The van der Waals surface area contributed by atoms with Gasteiger partial charge in [0.05, 0.1) is 24.4 Å². The van der Waals surface area contributed by atoms with Crippen LogP contribution in [0, 0.1) is 0 Å². The summed E-state index contributed by atoms with van der Waals surface area (Å²) in [6, 6.07) is 15.3. The smallest absolute Gasteiger partial charge is 0.285 e. The number of nitrogen functional groups attached to an aromatic ring is 1. The molecule has 10 heteroatoms. The van der Waals surface area contributed by atoms with Crippen LogP contribution in [0.25, 0.3) is 11.3 Å². The average molecular weight is 441 g/mol. The molecule has 4 aromatic rings. The highest BCUT2D eigenvalue weighted by atomic mass is 31.2. The molecule has 0 fully saturated rings. The van der Waals surface area contributed by atoms with Gasteiger partial charge in [-0.3, -0.25) is 14.8 Å². The number of nitrogens with two attached hydrogens (primary N) is 1. The second-order valence-electron chi connectivity index (χ2n) is 6.99. The van der Waals surface area contributed by atoms with Gasteiger partial charge < -0.3 is 18.7 Å². The monoisotopic (exact) mass is 441 g/mol. The van der Waals surface area contributed by atoms with Crippen molar-refractivity contribution in [2.45, 2.75) is 19.6 Å². The van der Waals surface area contributed by atoms with Crippen molar-refractivity contribution in [1.29, 1.82) is 0 Å². The highest BCUT2D eigenvalue weighted by molar-refractivity contribution is 7.44. The number of hydrogen-bond acceptors (Lipinski definition) is 7. The molecule has 1 unspecified atom stereocenters. The summed E-state index contributed by atoms with van der Waals surface area (Å²) < 4.78 is 27.1. The maximum absolute atomic E-state index is 10.8. The number of pyridine rings is 1. The van der Waals surface area contributed by atoms with E-state index in [1.807, 2.05) is 18.2 Å². The predicted molar refractivity (Wildman–Crippen MR) is 108 cm³/mol. The summed E-state index contributed by atoms with van der Waals surface area (Å²) in [6.07, 6.45) is 6.31. The van der Waals surface area contributed by atoms with E-state index in [1.54, 1.807) is 30.7 Å². The average Bonchev–Trinajstić information content (AvgIpc) is 3.40. The van der Waals surface area contributed by atoms with Gasteiger partial charge in [-0.15, -0.1) is 0 Å². The first kappa shape index (κ1) is 21.0. The van der Waals surface area contributed by atoms with Gasteiger partial charge in [-0.05, 0) is 34.9 Å². The SMILES string of the molecule is Nc1c(-c2cc(Cc3ccc(Cc4ccoc4)cc3)no2)ccc[n+]1COP(=O)([O-])O. The van der Waals surface area contributed by atoms with Crippen LogP contribution in [0.1, 0.15) is 22.4 Å². The van der Waals surface area contributed by atoms with Crippen LogP contribution >= 0.6 is 7.82 Å². The third kappa shape index (κ3) is 5.48. The summed E-state index contributed by atoms with van der Waals surface area (Å²) in [7, 11) is -4.86. The molecule has 0 bridgehead atoms. The van der Waals surface area contributed by atoms with Gasteiger partial charge in [0.1, 0.15) is 5.56 Å². The molecular formula is C21H20N3O6P. The molecule has 0 aliphatic carbocycles. The molecule has 3 aromatic heterocycles. The van der Waals surface area contributed by atoms with Crippen molar-refractivity contribution >= 4 is 13.6 Å². The van der Waals surface area contributed by atoms with E-state index in [4.69, 9.17) is 19.6 Å². The molecule has 3 N–H and O–H groups in total. The maximum Gasteiger partial charge on any atom is 0.285 e. The Balaban J connectivity index is 1.45. The molecule has 3 heterocycles. The fraction of sp³-hybridized carbons (Fsp3) is 0.143. The number of benzene rings is 1. The minimum atomic E-state index is -4.86. The standard InChI is InChI=1S/C21H20N3O6P/c22-21-19(2-1-8-24(21)14-29-31(25,26)27)20-12-18(23-30-20)11-16-5-3-15(4-6-16)10-17-7-9-28-13-17/h1-9,12-13,22H,10-11,14H2,(H2,25,26,27). The van der Waals surface area contributed by atoms with Crippen molar-refractivity contribution in [1.82, 2.24) is 5.16 Å². The number of anilines is 1. The van der Waals surface area contributed by atoms with E-state index < -0.39 is 14.6 Å². The molecule has 0 aliphatic heterocycles. The lowest BCUT2D eigenvalue weighted by molar-refractivity contribution is -0.712. The Morgan fingerprint density at radius 1 is 1.13 bits per heavy atom. The van der Waals surface area contributed by atoms with E-state index in [0.29, 0.717) is 17.7 Å². The van der Waals surface area contributed by atoms with E-state index in [2.05, 4.69) is 21.8 Å². The van der Waals surface area contributed by atoms with Gasteiger partial charge in [0.2, 0.25) is 0 Å². The summed E-state index contributed by atoms with van der Waals surface area (Å²) in [5, 5.41) is 4.11. The number of rotatable bonds is 8. The summed E-state index contributed by atoms with van der Waals surface area (Å²) in [5.74, 6) is 0.648. The van der Waals surface area contributed by atoms with Crippen LogP contribution in [-0.4, -0.2) is 10.1 Å². The van der Waals surface area contributed by atoms with Gasteiger partial charge in [-0.2, -0.15) is 0 Å². The zero-order valence-electron chi connectivity index (χ0n) is 16.4. The highest BCUT2D eigenvalue weighted by Crippen LogP contribution is 2.30. The first-order valence-electron chi connectivity index (χ1n) is 9.38. The van der Waals surface area contributed by atoms with Crippen LogP contribution in [0.4, 0.5) is 5.82 Å². The van der Waals surface area contributed by atoms with Gasteiger partial charge in [-0.25, -0.2) is 4.57 Å². The normalized spacial score (nSPS) is 13.2. The third-order valence-electron chi connectivity index (χ3n) is 4.70. The minimum absolute atomic E-state index is 0.210. The number of aromatic nitrogens is 2. The van der Waals surface area contributed by atoms with Crippen LogP contribution in [0.5, 0.6) is 0 Å². The summed E-state index contributed by atoms with van der Waals surface area (Å²) in [6.45, 7) is -0.455. The molecule has 1 atom stereocenters. The second-order valence-corrected chi connectivity index (χ2v) is 8.18. The van der Waals surface area contributed by atoms with Crippen molar-refractivity contribution in [2.75, 3.05) is 5.73 Å². The Bertz CT molecular complexity index is 1200. The van der Waals surface area contributed by atoms with Crippen LogP contribution in [0.3, 0.4) is 0 Å². The van der Waals surface area contributed by atoms with Gasteiger partial charge >= 0.3 is 0 Å². The van der Waals surface area contributed by atoms with Crippen LogP contribution < -0.4 is 15.2 Å². The van der Waals surface area contributed by atoms with E-state index in [-0.39, 0.29) is 5.82 Å². The number of furan rings is 1. The van der Waals surface area contributed by atoms with Gasteiger partial charge in [0.25, 0.3) is 13.6 Å². The molecule has 1 aromatic carbocycles. The summed E-state index contributed by atoms with van der Waals surface area (Å²) in [5.41, 5.74) is 10.7. The summed E-state index contributed by atoms with van der Waals surface area (Å²) >= 11 is 0. The summed E-state index contributed by atoms with van der Waals surface area (Å²) in [4.78, 5) is 19.6. The maximum atomic E-state index is 10.8. The Morgan fingerprint density at radius 2 is 1.87 bits per heavy atom. The molecule has 0 saturated heterocycles. The Kier molecular flexibility index (Phi) is 6.01. The van der Waals surface area contributed by atoms with E-state index in [1.165, 1.54) is 16.3 Å². The molecule has 4 rings (SSSR count). The largest absolute Gasteiger partial charge is 0.756 e. The quantitative estimate of drug-likeness (QED) is 0.314. The van der Waals surface area contributed by atoms with Crippen molar-refractivity contribution < 1.29 is 32.4 Å². The first-order valence-corrected chi connectivity index (χ1v) is 10.9. The number of hydrogen-bond donors (Lipinski definition) is 2. The Labute approximate surface area is 177 Å². The highest BCUT2D eigenvalue weighted by Gasteiger charge is 2.18. The van der Waals surface area contributed by atoms with Gasteiger partial charge in [-0.1, -0.05) is 29.4 Å². The fourth-order valence-electron chi connectivity index (χ4n) is 3.15. The molecule has 0 spiro atoms. The molecule has 0 radical (unpaired) electrons. The number of nitrogens with zero attached hydrogens (tertiary/aromatic N) is 2. The minimum Gasteiger partial charge on any atom is -0.756 e. The molecule has 9 nitrogen and oxygen atoms in total.